The minimum Gasteiger partial charge on any atom is -0.397 e. The Kier molecular flexibility index (Phi) is 11.0. The van der Waals surface area contributed by atoms with Crippen molar-refractivity contribution in [3.63, 3.8) is 0 Å². The summed E-state index contributed by atoms with van der Waals surface area (Å²) in [6.45, 7) is 4.56. The summed E-state index contributed by atoms with van der Waals surface area (Å²) in [6.07, 6.45) is 10.7. The molecular formula is C22H32N2S6. The predicted octanol–water partition coefficient (Wildman–Crippen LogP) is 9.41. The van der Waals surface area contributed by atoms with Crippen LogP contribution in [0.3, 0.4) is 0 Å². The largest absolute Gasteiger partial charge is 0.397 e. The lowest BCUT2D eigenvalue weighted by Crippen LogP contribution is -1.94. The van der Waals surface area contributed by atoms with Crippen molar-refractivity contribution in [2.24, 2.45) is 0 Å². The Hall–Kier alpha value is 0.400. The van der Waals surface area contributed by atoms with E-state index in [-0.39, 0.29) is 0 Å². The van der Waals surface area contributed by atoms with Gasteiger partial charge in [-0.3, -0.25) is 0 Å². The van der Waals surface area contributed by atoms with Gasteiger partial charge in [0.25, 0.3) is 0 Å². The summed E-state index contributed by atoms with van der Waals surface area (Å²) >= 11 is 11.8. The molecule has 0 aliphatic carbocycles. The number of benzene rings is 1. The smallest absolute Gasteiger partial charge is 0.0717 e. The summed E-state index contributed by atoms with van der Waals surface area (Å²) in [5.74, 6) is 2.47. The van der Waals surface area contributed by atoms with Crippen molar-refractivity contribution in [1.82, 2.24) is 0 Å². The first-order valence-electron chi connectivity index (χ1n) is 10.8. The van der Waals surface area contributed by atoms with Gasteiger partial charge in [0.1, 0.15) is 0 Å². The Morgan fingerprint density at radius 2 is 1.07 bits per heavy atom. The monoisotopic (exact) mass is 516 g/mol. The maximum absolute atomic E-state index is 6.03. The van der Waals surface area contributed by atoms with Gasteiger partial charge in [0.05, 0.1) is 28.3 Å². The molecule has 0 unspecified atom stereocenters. The molecule has 0 saturated heterocycles. The SMILES string of the molecule is CCCCCCSC1=C(SCCCCCC)SC(=C2Sc3cc(N)c(N)cc3S2)S1. The van der Waals surface area contributed by atoms with E-state index >= 15 is 0 Å². The van der Waals surface area contributed by atoms with Crippen molar-refractivity contribution in [3.05, 3.63) is 29.1 Å². The van der Waals surface area contributed by atoms with Crippen molar-refractivity contribution < 1.29 is 0 Å². The van der Waals surface area contributed by atoms with Crippen LogP contribution in [0.15, 0.2) is 38.9 Å². The molecule has 30 heavy (non-hydrogen) atoms. The predicted molar refractivity (Wildman–Crippen MR) is 149 cm³/mol. The zero-order chi connectivity index (χ0) is 21.3. The van der Waals surface area contributed by atoms with Crippen molar-refractivity contribution in [2.45, 2.75) is 75.0 Å². The van der Waals surface area contributed by atoms with Crippen LogP contribution in [0.2, 0.25) is 0 Å². The van der Waals surface area contributed by atoms with Gasteiger partial charge in [0.2, 0.25) is 0 Å². The first-order chi connectivity index (χ1) is 14.6. The number of hydrogen-bond acceptors (Lipinski definition) is 8. The van der Waals surface area contributed by atoms with E-state index in [0.29, 0.717) is 11.4 Å². The molecule has 4 N–H and O–H groups in total. The van der Waals surface area contributed by atoms with E-state index in [4.69, 9.17) is 11.5 Å². The first-order valence-corrected chi connectivity index (χ1v) is 16.0. The Labute approximate surface area is 207 Å². The lowest BCUT2D eigenvalue weighted by molar-refractivity contribution is 0.707. The van der Waals surface area contributed by atoms with Crippen LogP contribution < -0.4 is 11.5 Å². The second-order valence-electron chi connectivity index (χ2n) is 7.30. The molecule has 166 valence electrons. The number of thioether (sulfide) groups is 6. The normalized spacial score (nSPS) is 16.1. The average molecular weight is 517 g/mol. The summed E-state index contributed by atoms with van der Waals surface area (Å²) in [5.41, 5.74) is 13.4. The van der Waals surface area contributed by atoms with Crippen LogP contribution in [0.25, 0.3) is 0 Å². The van der Waals surface area contributed by atoms with Crippen LogP contribution in [0, 0.1) is 0 Å². The second kappa shape index (κ2) is 13.2. The molecule has 2 nitrogen and oxygen atoms in total. The number of unbranched alkanes of at least 4 members (excludes halogenated alkanes) is 6. The molecular weight excluding hydrogens is 485 g/mol. The van der Waals surface area contributed by atoms with E-state index in [1.165, 1.54) is 89.6 Å². The molecule has 8 heteroatoms. The highest BCUT2D eigenvalue weighted by molar-refractivity contribution is 8.42. The standard InChI is InChI=1S/C22H32N2S6/c1-3-5-7-9-11-25-19-20(26-12-10-8-6-4-2)30-22(29-19)21-27-17-13-15(23)16(24)14-18(17)28-21/h13-14H,3-12,23-24H2,1-2H3. The third-order valence-electron chi connectivity index (χ3n) is 4.72. The van der Waals surface area contributed by atoms with E-state index < -0.39 is 0 Å². The van der Waals surface area contributed by atoms with Gasteiger partial charge < -0.3 is 11.5 Å². The molecule has 2 aliphatic heterocycles. The average Bonchev–Trinajstić information content (AvgIpc) is 3.32. The number of fused-ring (bicyclic) bond motifs is 1. The van der Waals surface area contributed by atoms with Gasteiger partial charge in [-0.05, 0) is 36.5 Å². The highest BCUT2D eigenvalue weighted by Crippen LogP contribution is 2.64. The van der Waals surface area contributed by atoms with Crippen LogP contribution in [0.5, 0.6) is 0 Å². The Balaban J connectivity index is 1.63. The van der Waals surface area contributed by atoms with Crippen molar-refractivity contribution in [1.29, 1.82) is 0 Å². The van der Waals surface area contributed by atoms with Crippen LogP contribution in [0.1, 0.15) is 65.2 Å². The van der Waals surface area contributed by atoms with E-state index in [9.17, 15) is 0 Å². The second-order valence-corrected chi connectivity index (χ2v) is 14.7. The molecule has 0 aromatic heterocycles. The maximum atomic E-state index is 6.03. The highest BCUT2D eigenvalue weighted by atomic mass is 32.3. The lowest BCUT2D eigenvalue weighted by Gasteiger charge is -2.05. The van der Waals surface area contributed by atoms with E-state index in [0.717, 1.165) is 0 Å². The van der Waals surface area contributed by atoms with E-state index in [1.54, 1.807) is 0 Å². The van der Waals surface area contributed by atoms with Crippen molar-refractivity contribution >= 4 is 81.9 Å². The number of hydrogen-bond donors (Lipinski definition) is 2. The molecule has 0 fully saturated rings. The molecule has 0 atom stereocenters. The minimum atomic E-state index is 0.685. The van der Waals surface area contributed by atoms with Crippen molar-refractivity contribution in [2.75, 3.05) is 23.0 Å². The van der Waals surface area contributed by atoms with Crippen LogP contribution in [0.4, 0.5) is 11.4 Å². The van der Waals surface area contributed by atoms with Crippen LogP contribution in [-0.4, -0.2) is 11.5 Å². The summed E-state index contributed by atoms with van der Waals surface area (Å²) < 4.78 is 5.87. The molecule has 2 aliphatic rings. The number of nitrogens with two attached hydrogens (primary N) is 2. The zero-order valence-corrected chi connectivity index (χ0v) is 22.7. The van der Waals surface area contributed by atoms with E-state index in [2.05, 4.69) is 37.4 Å². The molecule has 3 rings (SSSR count). The minimum absolute atomic E-state index is 0.685. The number of anilines is 2. The van der Waals surface area contributed by atoms with Crippen LogP contribution in [-0.2, 0) is 0 Å². The Morgan fingerprint density at radius 1 is 0.633 bits per heavy atom. The fourth-order valence-electron chi connectivity index (χ4n) is 2.97. The number of rotatable bonds is 12. The highest BCUT2D eigenvalue weighted by Gasteiger charge is 2.29. The molecule has 0 amide bonds. The molecule has 1 aromatic rings. The third-order valence-corrected chi connectivity index (χ3v) is 13.5. The third kappa shape index (κ3) is 7.20. The molecule has 0 spiro atoms. The summed E-state index contributed by atoms with van der Waals surface area (Å²) in [7, 11) is 0. The van der Waals surface area contributed by atoms with Gasteiger partial charge in [-0.15, -0.1) is 23.5 Å². The van der Waals surface area contributed by atoms with Gasteiger partial charge in [0, 0.05) is 9.79 Å². The molecule has 0 saturated carbocycles. The van der Waals surface area contributed by atoms with Gasteiger partial charge in [-0.25, -0.2) is 0 Å². The molecule has 1 aromatic carbocycles. The van der Waals surface area contributed by atoms with Crippen molar-refractivity contribution in [3.8, 4) is 0 Å². The zero-order valence-electron chi connectivity index (χ0n) is 17.8. The van der Waals surface area contributed by atoms with Gasteiger partial charge in [-0.1, -0.05) is 99.4 Å². The molecule has 0 radical (unpaired) electrons. The van der Waals surface area contributed by atoms with Gasteiger partial charge in [-0.2, -0.15) is 0 Å². The summed E-state index contributed by atoms with van der Waals surface area (Å²) in [4.78, 5) is 2.48. The first kappa shape index (κ1) is 25.0. The lowest BCUT2D eigenvalue weighted by atomic mass is 10.2. The van der Waals surface area contributed by atoms with Gasteiger partial charge >= 0.3 is 0 Å². The van der Waals surface area contributed by atoms with Crippen LogP contribution >= 0.6 is 70.6 Å². The Morgan fingerprint density at radius 3 is 1.50 bits per heavy atom. The topological polar surface area (TPSA) is 52.0 Å². The fraction of sp³-hybridized carbons (Fsp3) is 0.545. The Bertz CT molecular complexity index is 729. The fourth-order valence-corrected chi connectivity index (χ4v) is 11.8. The molecule has 0 bridgehead atoms. The van der Waals surface area contributed by atoms with E-state index in [1.807, 2.05) is 59.2 Å². The van der Waals surface area contributed by atoms with Gasteiger partial charge in [0.15, 0.2) is 0 Å². The summed E-state index contributed by atoms with van der Waals surface area (Å²) in [6, 6.07) is 4.06. The number of nitrogen functional groups attached to an aromatic ring is 2. The quantitative estimate of drug-likeness (QED) is 0.210. The molecule has 2 heterocycles. The summed E-state index contributed by atoms with van der Waals surface area (Å²) in [5, 5.41) is 0. The maximum Gasteiger partial charge on any atom is 0.0717 e.